The lowest BCUT2D eigenvalue weighted by Crippen LogP contribution is -2.32. The van der Waals surface area contributed by atoms with Gasteiger partial charge >= 0.3 is 13.8 Å². The van der Waals surface area contributed by atoms with Gasteiger partial charge in [-0.1, -0.05) is 0 Å². The smallest absolute Gasteiger partial charge is 0.334 e. The molecular formula is C7H14N2O4P+. The first-order chi connectivity index (χ1) is 6.48. The fourth-order valence-corrected chi connectivity index (χ4v) is 1.57. The van der Waals surface area contributed by atoms with Gasteiger partial charge in [0.05, 0.1) is 13.1 Å². The van der Waals surface area contributed by atoms with Gasteiger partial charge in [-0.3, -0.25) is 9.79 Å². The molecule has 1 rings (SSSR count). The van der Waals surface area contributed by atoms with Crippen LogP contribution in [0.1, 0.15) is 13.8 Å². The minimum absolute atomic E-state index is 0.184. The summed E-state index contributed by atoms with van der Waals surface area (Å²) in [5, 5.41) is 0. The molecule has 0 bridgehead atoms. The number of hydrogen-bond donors (Lipinski definition) is 2. The van der Waals surface area contributed by atoms with Crippen LogP contribution in [0.5, 0.6) is 6.01 Å². The minimum Gasteiger partial charge on any atom is -0.334 e. The first kappa shape index (κ1) is 11.2. The fourth-order valence-electron chi connectivity index (χ4n) is 1.15. The highest BCUT2D eigenvalue weighted by molar-refractivity contribution is 7.46. The van der Waals surface area contributed by atoms with Crippen molar-refractivity contribution in [3.8, 4) is 6.01 Å². The fraction of sp³-hybridized carbons (Fsp3) is 0.571. The van der Waals surface area contributed by atoms with Crippen LogP contribution in [0.3, 0.4) is 0 Å². The summed E-state index contributed by atoms with van der Waals surface area (Å²) in [6.07, 6.45) is 3.43. The second kappa shape index (κ2) is 4.13. The van der Waals surface area contributed by atoms with E-state index in [1.54, 1.807) is 21.5 Å². The minimum atomic E-state index is -4.48. The van der Waals surface area contributed by atoms with Crippen LogP contribution < -0.4 is 9.09 Å². The number of nitrogens with zero attached hydrogens (tertiary/aromatic N) is 2. The molecule has 0 radical (unpaired) electrons. The molecule has 0 amide bonds. The van der Waals surface area contributed by atoms with Gasteiger partial charge in [-0.25, -0.2) is 4.57 Å². The van der Waals surface area contributed by atoms with Gasteiger partial charge in [-0.15, -0.1) is 0 Å². The third-order valence-corrected chi connectivity index (χ3v) is 2.20. The van der Waals surface area contributed by atoms with Crippen molar-refractivity contribution in [1.82, 2.24) is 4.57 Å². The Bertz CT molecular complexity index is 335. The zero-order chi connectivity index (χ0) is 10.8. The highest BCUT2D eigenvalue weighted by atomic mass is 31.2. The van der Waals surface area contributed by atoms with E-state index < -0.39 is 7.82 Å². The van der Waals surface area contributed by atoms with Crippen molar-refractivity contribution >= 4 is 7.82 Å². The van der Waals surface area contributed by atoms with Crippen LogP contribution in [-0.2, 0) is 17.7 Å². The van der Waals surface area contributed by atoms with Gasteiger partial charge in [-0.2, -0.15) is 9.13 Å². The molecule has 14 heavy (non-hydrogen) atoms. The number of phosphoric acid groups is 1. The Morgan fingerprint density at radius 3 is 2.64 bits per heavy atom. The quantitative estimate of drug-likeness (QED) is 0.566. The third kappa shape index (κ3) is 2.57. The second-order valence-corrected chi connectivity index (χ2v) is 3.90. The summed E-state index contributed by atoms with van der Waals surface area (Å²) in [5.41, 5.74) is 0. The van der Waals surface area contributed by atoms with E-state index in [-0.39, 0.29) is 6.01 Å². The Balaban J connectivity index is 3.03. The molecule has 1 heterocycles. The number of hydrogen-bond acceptors (Lipinski definition) is 2. The van der Waals surface area contributed by atoms with E-state index >= 15 is 0 Å². The number of aryl methyl sites for hydroxylation is 2. The molecule has 0 aliphatic carbocycles. The molecule has 80 valence electrons. The molecule has 0 aromatic carbocycles. The average molecular weight is 221 g/mol. The lowest BCUT2D eigenvalue weighted by atomic mass is 10.7. The Morgan fingerprint density at radius 1 is 1.57 bits per heavy atom. The summed E-state index contributed by atoms with van der Waals surface area (Å²) >= 11 is 0. The van der Waals surface area contributed by atoms with Crippen LogP contribution in [0.15, 0.2) is 12.4 Å². The van der Waals surface area contributed by atoms with E-state index in [1.165, 1.54) is 0 Å². The van der Waals surface area contributed by atoms with Crippen molar-refractivity contribution in [1.29, 1.82) is 0 Å². The molecule has 0 aliphatic rings. The van der Waals surface area contributed by atoms with Gasteiger partial charge in [-0.05, 0) is 13.8 Å². The third-order valence-electron chi connectivity index (χ3n) is 1.80. The average Bonchev–Trinajstić information content (AvgIpc) is 2.44. The lowest BCUT2D eigenvalue weighted by Gasteiger charge is -2.04. The SMILES string of the molecule is CCn1cc[n+](CC)c1OP(=O)(O)O. The molecule has 0 saturated heterocycles. The first-order valence-electron chi connectivity index (χ1n) is 4.31. The van der Waals surface area contributed by atoms with Crippen LogP contribution in [-0.4, -0.2) is 14.4 Å². The number of rotatable bonds is 4. The maximum atomic E-state index is 10.7. The zero-order valence-electron chi connectivity index (χ0n) is 8.12. The molecule has 0 fully saturated rings. The van der Waals surface area contributed by atoms with E-state index in [1.807, 2.05) is 13.8 Å². The predicted octanol–water partition coefficient (Wildman–Crippen LogP) is 0.287. The van der Waals surface area contributed by atoms with Crippen molar-refractivity contribution < 1.29 is 23.4 Å². The second-order valence-electron chi connectivity index (χ2n) is 2.73. The molecule has 7 heteroatoms. The molecule has 1 aromatic rings. The lowest BCUT2D eigenvalue weighted by molar-refractivity contribution is -0.696. The molecule has 0 unspecified atom stereocenters. The van der Waals surface area contributed by atoms with Crippen molar-refractivity contribution in [3.05, 3.63) is 12.4 Å². The van der Waals surface area contributed by atoms with Gasteiger partial charge in [0.2, 0.25) is 0 Å². The molecule has 1 aromatic heterocycles. The van der Waals surface area contributed by atoms with Crippen LogP contribution >= 0.6 is 7.82 Å². The first-order valence-corrected chi connectivity index (χ1v) is 5.84. The summed E-state index contributed by atoms with van der Waals surface area (Å²) in [6.45, 7) is 4.93. The summed E-state index contributed by atoms with van der Waals surface area (Å²) in [6, 6.07) is 0.184. The maximum Gasteiger partial charge on any atom is 0.529 e. The largest absolute Gasteiger partial charge is 0.529 e. The molecule has 2 N–H and O–H groups in total. The van der Waals surface area contributed by atoms with Crippen molar-refractivity contribution in [2.24, 2.45) is 0 Å². The van der Waals surface area contributed by atoms with Crippen molar-refractivity contribution in [2.45, 2.75) is 26.9 Å². The van der Waals surface area contributed by atoms with Crippen molar-refractivity contribution in [3.63, 3.8) is 0 Å². The molecular weight excluding hydrogens is 207 g/mol. The highest BCUT2D eigenvalue weighted by Gasteiger charge is 2.26. The highest BCUT2D eigenvalue weighted by Crippen LogP contribution is 2.35. The van der Waals surface area contributed by atoms with E-state index in [9.17, 15) is 4.57 Å². The van der Waals surface area contributed by atoms with Gasteiger partial charge in [0.25, 0.3) is 0 Å². The number of imidazole rings is 1. The molecule has 0 spiro atoms. The van der Waals surface area contributed by atoms with Gasteiger partial charge < -0.3 is 4.52 Å². The van der Waals surface area contributed by atoms with Crippen molar-refractivity contribution in [2.75, 3.05) is 0 Å². The summed E-state index contributed by atoms with van der Waals surface area (Å²) in [5.74, 6) is 0. The molecule has 0 aliphatic heterocycles. The Hall–Kier alpha value is -0.840. The summed E-state index contributed by atoms with van der Waals surface area (Å²) in [4.78, 5) is 17.4. The molecule has 6 nitrogen and oxygen atoms in total. The standard InChI is InChI=1S/C7H13N2O4P/c1-3-8-5-6-9(4-2)7(8)13-14(10,11)12/h5-6H,3-4H2,1-2H3,(H-,10,11,12)/p+1. The summed E-state index contributed by atoms with van der Waals surface area (Å²) < 4.78 is 18.5. The van der Waals surface area contributed by atoms with Gasteiger partial charge in [0.15, 0.2) is 0 Å². The Labute approximate surface area is 82.0 Å². The monoisotopic (exact) mass is 221 g/mol. The van der Waals surface area contributed by atoms with E-state index in [4.69, 9.17) is 9.79 Å². The predicted molar refractivity (Wildman–Crippen MR) is 48.6 cm³/mol. The van der Waals surface area contributed by atoms with E-state index in [2.05, 4.69) is 4.52 Å². The zero-order valence-corrected chi connectivity index (χ0v) is 9.02. The van der Waals surface area contributed by atoms with E-state index in [0.717, 1.165) is 0 Å². The van der Waals surface area contributed by atoms with Crippen LogP contribution in [0.2, 0.25) is 0 Å². The number of phosphoric ester groups is 1. The van der Waals surface area contributed by atoms with E-state index in [0.29, 0.717) is 13.1 Å². The molecule has 0 saturated carbocycles. The summed E-state index contributed by atoms with van der Waals surface area (Å²) in [7, 11) is -4.48. The van der Waals surface area contributed by atoms with Crippen LogP contribution in [0, 0.1) is 0 Å². The molecule has 0 atom stereocenters. The van der Waals surface area contributed by atoms with Gasteiger partial charge in [0, 0.05) is 0 Å². The topological polar surface area (TPSA) is 75.6 Å². The van der Waals surface area contributed by atoms with Crippen LogP contribution in [0.4, 0.5) is 0 Å². The van der Waals surface area contributed by atoms with Gasteiger partial charge in [0.1, 0.15) is 12.4 Å². The Morgan fingerprint density at radius 2 is 2.21 bits per heavy atom. The maximum absolute atomic E-state index is 10.7. The van der Waals surface area contributed by atoms with Crippen LogP contribution in [0.25, 0.3) is 0 Å². The number of aromatic nitrogens is 2. The normalized spacial score (nSPS) is 11.7. The Kier molecular flexibility index (Phi) is 3.31.